The van der Waals surface area contributed by atoms with Crippen molar-refractivity contribution in [2.45, 2.75) is 19.5 Å². The lowest BCUT2D eigenvalue weighted by atomic mass is 10.0. The van der Waals surface area contributed by atoms with E-state index in [1.165, 1.54) is 36.2 Å². The summed E-state index contributed by atoms with van der Waals surface area (Å²) in [5.41, 5.74) is -0.513. The fourth-order valence-electron chi connectivity index (χ4n) is 2.51. The summed E-state index contributed by atoms with van der Waals surface area (Å²) in [6.07, 6.45) is -4.98. The quantitative estimate of drug-likeness (QED) is 0.750. The summed E-state index contributed by atoms with van der Waals surface area (Å²) in [6.45, 7) is 1.83. The lowest BCUT2D eigenvalue weighted by Crippen LogP contribution is -2.30. The van der Waals surface area contributed by atoms with Gasteiger partial charge in [0.05, 0.1) is 29.8 Å². The number of likely N-dealkylation sites (N-methyl/N-ethyl adjacent to an activating group) is 1. The van der Waals surface area contributed by atoms with E-state index in [0.29, 0.717) is 0 Å². The molecule has 7 heteroatoms. The molecule has 0 bridgehead atoms. The number of hydrogen-bond acceptors (Lipinski definition) is 3. The summed E-state index contributed by atoms with van der Waals surface area (Å²) in [7, 11) is 1.41. The molecular formula is C19H18F3NO3. The van der Waals surface area contributed by atoms with Crippen LogP contribution in [0.1, 0.15) is 28.4 Å². The Morgan fingerprint density at radius 1 is 1.04 bits per heavy atom. The zero-order valence-corrected chi connectivity index (χ0v) is 14.3. The lowest BCUT2D eigenvalue weighted by Gasteiger charge is -2.21. The average molecular weight is 365 g/mol. The summed E-state index contributed by atoms with van der Waals surface area (Å²) in [6, 6.07) is 11.2. The molecular weight excluding hydrogens is 347 g/mol. The predicted octanol–water partition coefficient (Wildman–Crippen LogP) is 4.09. The van der Waals surface area contributed by atoms with Crippen LogP contribution in [-0.4, -0.2) is 25.5 Å². The molecule has 0 atom stereocenters. The van der Waals surface area contributed by atoms with Gasteiger partial charge in [-0.3, -0.25) is 4.79 Å². The molecule has 0 fully saturated rings. The van der Waals surface area contributed by atoms with Gasteiger partial charge in [0.15, 0.2) is 0 Å². The topological polar surface area (TPSA) is 46.6 Å². The Morgan fingerprint density at radius 2 is 1.65 bits per heavy atom. The van der Waals surface area contributed by atoms with Gasteiger partial charge in [-0.2, -0.15) is 13.2 Å². The van der Waals surface area contributed by atoms with Gasteiger partial charge in [0.25, 0.3) is 0 Å². The van der Waals surface area contributed by atoms with Gasteiger partial charge in [0.2, 0.25) is 5.91 Å². The standard InChI is InChI=1S/C19H18F3NO3/c1-3-26-18(25)14-9-5-7-11-16(14)23(2)17(24)12-13-8-4-6-10-15(13)19(20,21)22/h4-11H,3,12H2,1-2H3. The van der Waals surface area contributed by atoms with E-state index < -0.39 is 30.0 Å². The molecule has 0 saturated heterocycles. The maximum absolute atomic E-state index is 13.1. The van der Waals surface area contributed by atoms with Gasteiger partial charge < -0.3 is 9.64 Å². The highest BCUT2D eigenvalue weighted by Crippen LogP contribution is 2.32. The summed E-state index contributed by atoms with van der Waals surface area (Å²) < 4.78 is 44.2. The Morgan fingerprint density at radius 3 is 2.31 bits per heavy atom. The predicted molar refractivity (Wildman–Crippen MR) is 91.0 cm³/mol. The van der Waals surface area contributed by atoms with E-state index in [1.54, 1.807) is 25.1 Å². The second-order valence-corrected chi connectivity index (χ2v) is 5.52. The number of nitrogens with zero attached hydrogens (tertiary/aromatic N) is 1. The molecule has 0 saturated carbocycles. The molecule has 0 unspecified atom stereocenters. The average Bonchev–Trinajstić information content (AvgIpc) is 2.60. The minimum atomic E-state index is -4.54. The van der Waals surface area contributed by atoms with E-state index in [2.05, 4.69) is 0 Å². The van der Waals surface area contributed by atoms with Crippen LogP contribution < -0.4 is 4.90 Å². The molecule has 2 aromatic rings. The van der Waals surface area contributed by atoms with E-state index >= 15 is 0 Å². The van der Waals surface area contributed by atoms with Crippen LogP contribution in [0.2, 0.25) is 0 Å². The lowest BCUT2D eigenvalue weighted by molar-refractivity contribution is -0.138. The molecule has 0 radical (unpaired) electrons. The van der Waals surface area contributed by atoms with Crippen LogP contribution in [0.3, 0.4) is 0 Å². The minimum absolute atomic E-state index is 0.120. The Balaban J connectivity index is 2.29. The Labute approximate surface area is 149 Å². The van der Waals surface area contributed by atoms with Gasteiger partial charge in [0.1, 0.15) is 0 Å². The third kappa shape index (κ3) is 4.41. The largest absolute Gasteiger partial charge is 0.462 e. The van der Waals surface area contributed by atoms with E-state index in [4.69, 9.17) is 4.74 Å². The molecule has 0 spiro atoms. The van der Waals surface area contributed by atoms with Gasteiger partial charge >= 0.3 is 12.1 Å². The number of carbonyl (C=O) groups excluding carboxylic acids is 2. The first-order valence-corrected chi connectivity index (χ1v) is 7.93. The summed E-state index contributed by atoms with van der Waals surface area (Å²) in [4.78, 5) is 25.7. The third-order valence-electron chi connectivity index (χ3n) is 3.80. The third-order valence-corrected chi connectivity index (χ3v) is 3.80. The van der Waals surface area contributed by atoms with E-state index in [0.717, 1.165) is 6.07 Å². The summed E-state index contributed by atoms with van der Waals surface area (Å²) >= 11 is 0. The molecule has 2 rings (SSSR count). The number of para-hydroxylation sites is 1. The van der Waals surface area contributed by atoms with Crippen molar-refractivity contribution in [1.82, 2.24) is 0 Å². The zero-order chi connectivity index (χ0) is 19.3. The van der Waals surface area contributed by atoms with Crippen molar-refractivity contribution in [3.63, 3.8) is 0 Å². The van der Waals surface area contributed by atoms with Crippen molar-refractivity contribution in [3.8, 4) is 0 Å². The number of anilines is 1. The second kappa shape index (κ2) is 8.03. The fourth-order valence-corrected chi connectivity index (χ4v) is 2.51. The number of amides is 1. The van der Waals surface area contributed by atoms with Gasteiger partial charge in [-0.1, -0.05) is 30.3 Å². The zero-order valence-electron chi connectivity index (χ0n) is 14.3. The molecule has 0 heterocycles. The molecule has 26 heavy (non-hydrogen) atoms. The molecule has 0 aliphatic carbocycles. The first kappa shape index (κ1) is 19.5. The normalized spacial score (nSPS) is 11.1. The highest BCUT2D eigenvalue weighted by molar-refractivity contribution is 6.02. The van der Waals surface area contributed by atoms with Crippen molar-refractivity contribution in [2.24, 2.45) is 0 Å². The number of rotatable bonds is 5. The summed E-state index contributed by atoms with van der Waals surface area (Å²) in [5.74, 6) is -1.17. The molecule has 138 valence electrons. The maximum Gasteiger partial charge on any atom is 0.416 e. The van der Waals surface area contributed by atoms with Crippen molar-refractivity contribution in [1.29, 1.82) is 0 Å². The van der Waals surface area contributed by atoms with Crippen LogP contribution in [0, 0.1) is 0 Å². The molecule has 2 aromatic carbocycles. The molecule has 4 nitrogen and oxygen atoms in total. The Hall–Kier alpha value is -2.83. The molecule has 0 aliphatic rings. The smallest absolute Gasteiger partial charge is 0.416 e. The van der Waals surface area contributed by atoms with E-state index in [9.17, 15) is 22.8 Å². The van der Waals surface area contributed by atoms with Crippen LogP contribution in [-0.2, 0) is 22.1 Å². The van der Waals surface area contributed by atoms with Crippen LogP contribution in [0.5, 0.6) is 0 Å². The summed E-state index contributed by atoms with van der Waals surface area (Å²) in [5, 5.41) is 0. The van der Waals surface area contributed by atoms with Crippen LogP contribution in [0.15, 0.2) is 48.5 Å². The number of alkyl halides is 3. The van der Waals surface area contributed by atoms with Crippen molar-refractivity contribution >= 4 is 17.6 Å². The van der Waals surface area contributed by atoms with Gasteiger partial charge in [-0.15, -0.1) is 0 Å². The Kier molecular flexibility index (Phi) is 6.02. The number of ether oxygens (including phenoxy) is 1. The SMILES string of the molecule is CCOC(=O)c1ccccc1N(C)C(=O)Cc1ccccc1C(F)(F)F. The fraction of sp³-hybridized carbons (Fsp3) is 0.263. The molecule has 1 amide bonds. The number of esters is 1. The van der Waals surface area contributed by atoms with Gasteiger partial charge in [0, 0.05) is 7.05 Å². The molecule has 0 N–H and O–H groups in total. The van der Waals surface area contributed by atoms with Crippen LogP contribution in [0.25, 0.3) is 0 Å². The highest BCUT2D eigenvalue weighted by Gasteiger charge is 2.33. The number of benzene rings is 2. The van der Waals surface area contributed by atoms with E-state index in [1.807, 2.05) is 0 Å². The number of halogens is 3. The maximum atomic E-state index is 13.1. The van der Waals surface area contributed by atoms with Gasteiger partial charge in [-0.05, 0) is 30.7 Å². The van der Waals surface area contributed by atoms with Crippen molar-refractivity contribution in [3.05, 3.63) is 65.2 Å². The first-order valence-electron chi connectivity index (χ1n) is 7.93. The molecule has 0 aliphatic heterocycles. The molecule has 0 aromatic heterocycles. The van der Waals surface area contributed by atoms with Crippen molar-refractivity contribution < 1.29 is 27.5 Å². The first-order chi connectivity index (χ1) is 12.3. The monoisotopic (exact) mass is 365 g/mol. The number of hydrogen-bond donors (Lipinski definition) is 0. The van der Waals surface area contributed by atoms with Crippen LogP contribution in [0.4, 0.5) is 18.9 Å². The second-order valence-electron chi connectivity index (χ2n) is 5.52. The van der Waals surface area contributed by atoms with Gasteiger partial charge in [-0.25, -0.2) is 4.79 Å². The van der Waals surface area contributed by atoms with Crippen LogP contribution >= 0.6 is 0 Å². The minimum Gasteiger partial charge on any atom is -0.462 e. The van der Waals surface area contributed by atoms with Crippen molar-refractivity contribution in [2.75, 3.05) is 18.6 Å². The highest BCUT2D eigenvalue weighted by atomic mass is 19.4. The Bertz CT molecular complexity index is 803. The van der Waals surface area contributed by atoms with E-state index in [-0.39, 0.29) is 23.4 Å². The number of carbonyl (C=O) groups is 2.